The monoisotopic (exact) mass is 179 g/mol. The van der Waals surface area contributed by atoms with Gasteiger partial charge < -0.3 is 9.84 Å². The Labute approximate surface area is 71.7 Å². The van der Waals surface area contributed by atoms with Crippen molar-refractivity contribution < 1.29 is 14.6 Å². The second kappa shape index (κ2) is 6.45. The lowest BCUT2D eigenvalue weighted by Gasteiger charge is -2.19. The van der Waals surface area contributed by atoms with Crippen molar-refractivity contribution in [3.63, 3.8) is 0 Å². The molecule has 1 aliphatic rings. The van der Waals surface area contributed by atoms with Gasteiger partial charge in [-0.2, -0.15) is 0 Å². The summed E-state index contributed by atoms with van der Waals surface area (Å²) in [6.07, 6.45) is 0. The van der Waals surface area contributed by atoms with Gasteiger partial charge in [-0.25, -0.2) is 4.31 Å². The van der Waals surface area contributed by atoms with Crippen molar-refractivity contribution >= 4 is 18.8 Å². The maximum atomic E-state index is 9.00. The summed E-state index contributed by atoms with van der Waals surface area (Å²) in [5.41, 5.74) is 0. The molecule has 0 aromatic heterocycles. The third-order valence-corrected chi connectivity index (χ3v) is 1.39. The molecule has 66 valence electrons. The van der Waals surface area contributed by atoms with Crippen LogP contribution < -0.4 is 0 Å². The topological polar surface area (TPSA) is 49.8 Å². The third-order valence-electron chi connectivity index (χ3n) is 0.987. The number of morpholine rings is 1. The highest BCUT2D eigenvalue weighted by Crippen LogP contribution is 1.97. The van der Waals surface area contributed by atoms with E-state index in [-0.39, 0.29) is 0 Å². The second-order valence-corrected chi connectivity index (χ2v) is 2.65. The predicted octanol–water partition coefficient (Wildman–Crippen LogP) is 0.254. The van der Waals surface area contributed by atoms with E-state index in [4.69, 9.17) is 14.6 Å². The van der Waals surface area contributed by atoms with Gasteiger partial charge in [-0.05, 0) is 0 Å². The average molecular weight is 179 g/mol. The van der Waals surface area contributed by atoms with Crippen molar-refractivity contribution in [3.05, 3.63) is 0 Å². The van der Waals surface area contributed by atoms with Crippen molar-refractivity contribution in [1.82, 2.24) is 4.31 Å². The van der Waals surface area contributed by atoms with Crippen LogP contribution in [0.5, 0.6) is 0 Å². The minimum Gasteiger partial charge on any atom is -0.481 e. The van der Waals surface area contributed by atoms with Crippen molar-refractivity contribution in [3.8, 4) is 0 Å². The fourth-order valence-corrected chi connectivity index (χ4v) is 0.717. The summed E-state index contributed by atoms with van der Waals surface area (Å²) in [6.45, 7) is 4.68. The average Bonchev–Trinajstić information content (AvgIpc) is 1.87. The number of aliphatic carboxylic acids is 1. The Morgan fingerprint density at radius 3 is 2.09 bits per heavy atom. The molecule has 1 aliphatic heterocycles. The van der Waals surface area contributed by atoms with Crippen LogP contribution in [0.25, 0.3) is 0 Å². The highest BCUT2D eigenvalue weighted by molar-refractivity contribution is 7.77. The molecule has 1 rings (SSSR count). The number of hydrogen-bond acceptors (Lipinski definition) is 4. The fraction of sp³-hybridized carbons (Fsp3) is 0.833. The molecule has 0 radical (unpaired) electrons. The third kappa shape index (κ3) is 9.74. The first-order chi connectivity index (χ1) is 5.13. The molecule has 0 unspecified atom stereocenters. The molecule has 4 nitrogen and oxygen atoms in total. The first-order valence-electron chi connectivity index (χ1n) is 3.34. The first-order valence-corrected chi connectivity index (χ1v) is 3.74. The van der Waals surface area contributed by atoms with Crippen LogP contribution in [0.4, 0.5) is 0 Å². The minimum atomic E-state index is -0.833. The number of ether oxygens (including phenoxy) is 1. The molecule has 1 heterocycles. The standard InChI is InChI=1S/C4H9NOS.C2H4O2/c7-5-1-3-6-4-2-5;1-2(3)4/h7H,1-4H2;1H3,(H,3,4). The molecule has 0 aromatic rings. The van der Waals surface area contributed by atoms with E-state index >= 15 is 0 Å². The zero-order valence-corrected chi connectivity index (χ0v) is 7.38. The Morgan fingerprint density at radius 1 is 1.55 bits per heavy atom. The van der Waals surface area contributed by atoms with Gasteiger partial charge in [0.1, 0.15) is 0 Å². The van der Waals surface area contributed by atoms with Gasteiger partial charge in [0.15, 0.2) is 0 Å². The number of nitrogens with zero attached hydrogens (tertiary/aromatic N) is 1. The van der Waals surface area contributed by atoms with Gasteiger partial charge in [0, 0.05) is 20.0 Å². The molecule has 0 spiro atoms. The largest absolute Gasteiger partial charge is 0.481 e. The van der Waals surface area contributed by atoms with Crippen LogP contribution in [0, 0.1) is 0 Å². The molecule has 0 saturated carbocycles. The summed E-state index contributed by atoms with van der Waals surface area (Å²) < 4.78 is 7.01. The lowest BCUT2D eigenvalue weighted by atomic mass is 10.5. The van der Waals surface area contributed by atoms with Gasteiger partial charge in [-0.15, -0.1) is 0 Å². The van der Waals surface area contributed by atoms with Crippen LogP contribution in [0.15, 0.2) is 0 Å². The van der Waals surface area contributed by atoms with Gasteiger partial charge in [-0.3, -0.25) is 4.79 Å². The van der Waals surface area contributed by atoms with Crippen LogP contribution in [-0.4, -0.2) is 41.7 Å². The van der Waals surface area contributed by atoms with E-state index in [1.807, 2.05) is 4.31 Å². The van der Waals surface area contributed by atoms with E-state index in [0.29, 0.717) is 0 Å². The second-order valence-electron chi connectivity index (χ2n) is 2.09. The van der Waals surface area contributed by atoms with E-state index in [9.17, 15) is 0 Å². The zero-order valence-electron chi connectivity index (χ0n) is 6.49. The first kappa shape index (κ1) is 10.7. The lowest BCUT2D eigenvalue weighted by Crippen LogP contribution is -2.28. The van der Waals surface area contributed by atoms with Crippen molar-refractivity contribution in [2.24, 2.45) is 0 Å². The number of thiol groups is 1. The molecule has 0 aromatic carbocycles. The highest BCUT2D eigenvalue weighted by Gasteiger charge is 2.03. The van der Waals surface area contributed by atoms with E-state index in [2.05, 4.69) is 12.8 Å². The quantitative estimate of drug-likeness (QED) is 0.523. The molecular formula is C6H13NO3S. The Balaban J connectivity index is 0.000000218. The number of hydrogen-bond donors (Lipinski definition) is 2. The molecule has 1 saturated heterocycles. The maximum Gasteiger partial charge on any atom is 0.300 e. The van der Waals surface area contributed by atoms with Crippen LogP contribution in [-0.2, 0) is 9.53 Å². The molecule has 5 heteroatoms. The highest BCUT2D eigenvalue weighted by atomic mass is 32.1. The number of carbonyl (C=O) groups is 1. The van der Waals surface area contributed by atoms with Gasteiger partial charge in [-0.1, -0.05) is 12.8 Å². The van der Waals surface area contributed by atoms with Gasteiger partial charge in [0.05, 0.1) is 13.2 Å². The van der Waals surface area contributed by atoms with E-state index < -0.39 is 5.97 Å². The molecule has 0 aliphatic carbocycles. The molecule has 0 amide bonds. The Bertz CT molecular complexity index is 110. The van der Waals surface area contributed by atoms with Gasteiger partial charge >= 0.3 is 0 Å². The fourth-order valence-electron chi connectivity index (χ4n) is 0.554. The van der Waals surface area contributed by atoms with Crippen molar-refractivity contribution in [2.45, 2.75) is 6.92 Å². The summed E-state index contributed by atoms with van der Waals surface area (Å²) in [5, 5.41) is 7.42. The predicted molar refractivity (Wildman–Crippen MR) is 44.7 cm³/mol. The Kier molecular flexibility index (Phi) is 6.30. The molecule has 11 heavy (non-hydrogen) atoms. The summed E-state index contributed by atoms with van der Waals surface area (Å²) in [7, 11) is 0. The van der Waals surface area contributed by atoms with Gasteiger partial charge in [0.25, 0.3) is 5.97 Å². The summed E-state index contributed by atoms with van der Waals surface area (Å²) in [5.74, 6) is -0.833. The number of carboxylic acid groups (broad SMARTS) is 1. The number of carboxylic acids is 1. The van der Waals surface area contributed by atoms with Crippen molar-refractivity contribution in [2.75, 3.05) is 26.3 Å². The van der Waals surface area contributed by atoms with Crippen LogP contribution >= 0.6 is 12.8 Å². The van der Waals surface area contributed by atoms with E-state index in [1.165, 1.54) is 0 Å². The Hall–Kier alpha value is -0.260. The lowest BCUT2D eigenvalue weighted by molar-refractivity contribution is -0.134. The normalized spacial score (nSPS) is 18.4. The molecule has 0 atom stereocenters. The smallest absolute Gasteiger partial charge is 0.300 e. The van der Waals surface area contributed by atoms with Gasteiger partial charge in [0.2, 0.25) is 0 Å². The van der Waals surface area contributed by atoms with E-state index in [0.717, 1.165) is 33.2 Å². The summed E-state index contributed by atoms with van der Waals surface area (Å²) in [6, 6.07) is 0. The Morgan fingerprint density at radius 2 is 1.91 bits per heavy atom. The van der Waals surface area contributed by atoms with E-state index in [1.54, 1.807) is 0 Å². The van der Waals surface area contributed by atoms with Crippen molar-refractivity contribution in [1.29, 1.82) is 0 Å². The van der Waals surface area contributed by atoms with Crippen LogP contribution in [0.1, 0.15) is 6.92 Å². The molecular weight excluding hydrogens is 166 g/mol. The van der Waals surface area contributed by atoms with Crippen LogP contribution in [0.3, 0.4) is 0 Å². The number of rotatable bonds is 0. The molecule has 1 N–H and O–H groups in total. The zero-order chi connectivity index (χ0) is 8.69. The molecule has 1 fully saturated rings. The maximum absolute atomic E-state index is 9.00. The minimum absolute atomic E-state index is 0.833. The molecule has 0 bridgehead atoms. The SMILES string of the molecule is CC(=O)O.SN1CCOCC1. The summed E-state index contributed by atoms with van der Waals surface area (Å²) in [4.78, 5) is 9.00. The van der Waals surface area contributed by atoms with Crippen LogP contribution in [0.2, 0.25) is 0 Å². The summed E-state index contributed by atoms with van der Waals surface area (Å²) >= 11 is 4.11.